The second-order valence-electron chi connectivity index (χ2n) is 22.4. The molecule has 0 N–H and O–H groups in total. The van der Waals surface area contributed by atoms with Crippen LogP contribution < -0.4 is 0 Å². The SMILES string of the molecule is CCCCCCC/C=C\C/C=C\CCCCCCCCCCCC(=O)OC(COC(=O)CCCCCCCCCCCC)COC(=O)CCCCCCCCCCCCCCC/C=C\CCCCCCCCCC. The Labute approximate surface area is 461 Å². The third kappa shape index (κ3) is 60.5. The molecule has 0 aliphatic carbocycles. The van der Waals surface area contributed by atoms with Crippen molar-refractivity contribution in [1.29, 1.82) is 0 Å². The number of carbonyl (C=O) groups is 3. The highest BCUT2D eigenvalue weighted by Gasteiger charge is 2.19. The van der Waals surface area contributed by atoms with Gasteiger partial charge in [-0.05, 0) is 77.0 Å². The van der Waals surface area contributed by atoms with E-state index in [9.17, 15) is 14.4 Å². The summed E-state index contributed by atoms with van der Waals surface area (Å²) >= 11 is 0. The minimum absolute atomic E-state index is 0.0696. The Kier molecular flexibility index (Phi) is 61.1. The second-order valence-corrected chi connectivity index (χ2v) is 22.4. The molecular formula is C68H126O6. The van der Waals surface area contributed by atoms with E-state index in [-0.39, 0.29) is 31.1 Å². The Morgan fingerprint density at radius 3 is 0.757 bits per heavy atom. The van der Waals surface area contributed by atoms with Crippen molar-refractivity contribution in [2.24, 2.45) is 0 Å². The predicted molar refractivity (Wildman–Crippen MR) is 321 cm³/mol. The van der Waals surface area contributed by atoms with Crippen LogP contribution in [0, 0.1) is 0 Å². The van der Waals surface area contributed by atoms with Crippen LogP contribution in [0.25, 0.3) is 0 Å². The van der Waals surface area contributed by atoms with E-state index in [0.29, 0.717) is 19.3 Å². The summed E-state index contributed by atoms with van der Waals surface area (Å²) in [6, 6.07) is 0. The lowest BCUT2D eigenvalue weighted by molar-refractivity contribution is -0.167. The van der Waals surface area contributed by atoms with Gasteiger partial charge in [0.25, 0.3) is 0 Å². The van der Waals surface area contributed by atoms with Crippen molar-refractivity contribution in [3.8, 4) is 0 Å². The van der Waals surface area contributed by atoms with E-state index >= 15 is 0 Å². The zero-order chi connectivity index (χ0) is 53.6. The lowest BCUT2D eigenvalue weighted by atomic mass is 10.0. The van der Waals surface area contributed by atoms with E-state index in [1.165, 1.54) is 257 Å². The first kappa shape index (κ1) is 71.6. The average molecular weight is 1040 g/mol. The molecule has 0 aromatic heterocycles. The smallest absolute Gasteiger partial charge is 0.306 e. The third-order valence-electron chi connectivity index (χ3n) is 14.9. The van der Waals surface area contributed by atoms with E-state index in [4.69, 9.17) is 14.2 Å². The van der Waals surface area contributed by atoms with Gasteiger partial charge in [-0.15, -0.1) is 0 Å². The quantitative estimate of drug-likeness (QED) is 0.0261. The van der Waals surface area contributed by atoms with Crippen LogP contribution in [-0.4, -0.2) is 37.2 Å². The monoisotopic (exact) mass is 1040 g/mol. The lowest BCUT2D eigenvalue weighted by Gasteiger charge is -2.18. The number of esters is 3. The third-order valence-corrected chi connectivity index (χ3v) is 14.9. The molecule has 0 amide bonds. The van der Waals surface area contributed by atoms with Gasteiger partial charge in [0.05, 0.1) is 0 Å². The van der Waals surface area contributed by atoms with Gasteiger partial charge in [0.1, 0.15) is 13.2 Å². The summed E-state index contributed by atoms with van der Waals surface area (Å²) in [5.41, 5.74) is 0. The van der Waals surface area contributed by atoms with Crippen molar-refractivity contribution in [3.63, 3.8) is 0 Å². The summed E-state index contributed by atoms with van der Waals surface area (Å²) < 4.78 is 16.9. The molecule has 0 bridgehead atoms. The zero-order valence-electron chi connectivity index (χ0n) is 49.9. The molecule has 434 valence electrons. The highest BCUT2D eigenvalue weighted by molar-refractivity contribution is 5.71. The summed E-state index contributed by atoms with van der Waals surface area (Å²) in [7, 11) is 0. The van der Waals surface area contributed by atoms with Gasteiger partial charge in [-0.25, -0.2) is 0 Å². The minimum atomic E-state index is -0.771. The molecule has 0 aromatic rings. The molecule has 0 aliphatic heterocycles. The Morgan fingerprint density at radius 1 is 0.270 bits per heavy atom. The lowest BCUT2D eigenvalue weighted by Crippen LogP contribution is -2.30. The fourth-order valence-corrected chi connectivity index (χ4v) is 9.88. The van der Waals surface area contributed by atoms with Crippen LogP contribution in [0.5, 0.6) is 0 Å². The van der Waals surface area contributed by atoms with Gasteiger partial charge in [-0.2, -0.15) is 0 Å². The fourth-order valence-electron chi connectivity index (χ4n) is 9.88. The molecule has 0 aromatic carbocycles. The molecule has 1 atom stereocenters. The van der Waals surface area contributed by atoms with Crippen molar-refractivity contribution < 1.29 is 28.6 Å². The van der Waals surface area contributed by atoms with Gasteiger partial charge in [0, 0.05) is 19.3 Å². The summed E-state index contributed by atoms with van der Waals surface area (Å²) in [6.07, 6.45) is 77.4. The molecule has 0 spiro atoms. The largest absolute Gasteiger partial charge is 0.462 e. The summed E-state index contributed by atoms with van der Waals surface area (Å²) in [4.78, 5) is 38.2. The van der Waals surface area contributed by atoms with Crippen molar-refractivity contribution in [3.05, 3.63) is 36.5 Å². The zero-order valence-corrected chi connectivity index (χ0v) is 49.9. The van der Waals surface area contributed by atoms with Crippen LogP contribution >= 0.6 is 0 Å². The molecule has 6 nitrogen and oxygen atoms in total. The molecule has 0 heterocycles. The minimum Gasteiger partial charge on any atom is -0.462 e. The Morgan fingerprint density at radius 2 is 0.486 bits per heavy atom. The van der Waals surface area contributed by atoms with Crippen LogP contribution in [0.1, 0.15) is 361 Å². The normalized spacial score (nSPS) is 12.2. The molecule has 6 heteroatoms. The highest BCUT2D eigenvalue weighted by Crippen LogP contribution is 2.17. The van der Waals surface area contributed by atoms with Crippen LogP contribution in [0.2, 0.25) is 0 Å². The van der Waals surface area contributed by atoms with Crippen LogP contribution in [-0.2, 0) is 28.6 Å². The van der Waals surface area contributed by atoms with Crippen molar-refractivity contribution in [2.45, 2.75) is 367 Å². The first-order chi connectivity index (χ1) is 36.5. The van der Waals surface area contributed by atoms with E-state index in [2.05, 4.69) is 57.2 Å². The maximum absolute atomic E-state index is 12.9. The molecule has 0 saturated carbocycles. The summed E-state index contributed by atoms with van der Waals surface area (Å²) in [5.74, 6) is -0.853. The molecule has 0 saturated heterocycles. The van der Waals surface area contributed by atoms with Gasteiger partial charge in [-0.1, -0.05) is 301 Å². The van der Waals surface area contributed by atoms with Gasteiger partial charge >= 0.3 is 17.9 Å². The topological polar surface area (TPSA) is 78.9 Å². The Balaban J connectivity index is 4.19. The van der Waals surface area contributed by atoms with Crippen LogP contribution in [0.3, 0.4) is 0 Å². The Hall–Kier alpha value is -2.37. The molecule has 0 aliphatic rings. The highest BCUT2D eigenvalue weighted by atomic mass is 16.6. The van der Waals surface area contributed by atoms with Gasteiger partial charge in [0.2, 0.25) is 0 Å². The van der Waals surface area contributed by atoms with Crippen molar-refractivity contribution in [2.75, 3.05) is 13.2 Å². The summed E-state index contributed by atoms with van der Waals surface area (Å²) in [5, 5.41) is 0. The van der Waals surface area contributed by atoms with Crippen LogP contribution in [0.4, 0.5) is 0 Å². The second kappa shape index (κ2) is 63.2. The average Bonchev–Trinajstić information content (AvgIpc) is 3.40. The molecule has 0 radical (unpaired) electrons. The number of allylic oxidation sites excluding steroid dienone is 6. The van der Waals surface area contributed by atoms with Gasteiger partial charge in [-0.3, -0.25) is 14.4 Å². The van der Waals surface area contributed by atoms with Crippen LogP contribution in [0.15, 0.2) is 36.5 Å². The maximum Gasteiger partial charge on any atom is 0.306 e. The number of carbonyl (C=O) groups excluding carboxylic acids is 3. The van der Waals surface area contributed by atoms with Gasteiger partial charge < -0.3 is 14.2 Å². The first-order valence-corrected chi connectivity index (χ1v) is 33.0. The molecular weight excluding hydrogens is 913 g/mol. The summed E-state index contributed by atoms with van der Waals surface area (Å²) in [6.45, 7) is 6.67. The maximum atomic E-state index is 12.9. The Bertz CT molecular complexity index is 1240. The number of hydrogen-bond acceptors (Lipinski definition) is 6. The molecule has 0 fully saturated rings. The number of unbranched alkanes of at least 4 members (excludes halogenated alkanes) is 44. The molecule has 0 rings (SSSR count). The number of rotatable bonds is 61. The van der Waals surface area contributed by atoms with Crippen molar-refractivity contribution in [1.82, 2.24) is 0 Å². The number of ether oxygens (including phenoxy) is 3. The van der Waals surface area contributed by atoms with E-state index in [1.54, 1.807) is 0 Å². The molecule has 1 unspecified atom stereocenters. The standard InChI is InChI=1S/C68H126O6/c1-4-7-10-13-16-19-22-24-26-28-30-32-33-34-35-37-38-40-42-44-46-49-52-55-58-61-67(70)73-64-65(63-72-66(69)60-57-54-51-48-21-18-15-12-9-6-3)74-68(71)62-59-56-53-50-47-45-43-41-39-36-31-29-27-25-23-20-17-14-11-8-5-2/h23,25,28-31,65H,4-22,24,26-27,32-64H2,1-3H3/b25-23-,30-28-,31-29-. The number of hydrogen-bond donors (Lipinski definition) is 0. The predicted octanol–water partition coefficient (Wildman–Crippen LogP) is 22.4. The van der Waals surface area contributed by atoms with Gasteiger partial charge in [0.15, 0.2) is 6.10 Å². The van der Waals surface area contributed by atoms with Crippen molar-refractivity contribution >= 4 is 17.9 Å². The fraction of sp³-hybridized carbons (Fsp3) is 0.868. The van der Waals surface area contributed by atoms with E-state index in [0.717, 1.165) is 64.2 Å². The van der Waals surface area contributed by atoms with E-state index in [1.807, 2.05) is 0 Å². The van der Waals surface area contributed by atoms with E-state index < -0.39 is 6.10 Å². The molecule has 74 heavy (non-hydrogen) atoms. The first-order valence-electron chi connectivity index (χ1n) is 33.0.